The molecule has 0 radical (unpaired) electrons. The van der Waals surface area contributed by atoms with Gasteiger partial charge in [-0.1, -0.05) is 0 Å². The van der Waals surface area contributed by atoms with Gasteiger partial charge in [0.2, 0.25) is 0 Å². The maximum atomic E-state index is 11.4. The molecule has 0 saturated heterocycles. The first-order chi connectivity index (χ1) is 6.29. The Hall–Kier alpha value is -1.42. The summed E-state index contributed by atoms with van der Waals surface area (Å²) in [5.74, 6) is -0.0923. The van der Waals surface area contributed by atoms with Crippen molar-refractivity contribution < 1.29 is 4.79 Å². The van der Waals surface area contributed by atoms with Gasteiger partial charge in [0.05, 0.1) is 0 Å². The normalized spacial score (nSPS) is 9.69. The molecule has 0 aliphatic rings. The second kappa shape index (κ2) is 4.57. The molecule has 0 aliphatic heterocycles. The van der Waals surface area contributed by atoms with Crippen molar-refractivity contribution in [1.82, 2.24) is 10.3 Å². The Balaban J connectivity index is 2.92. The fourth-order valence-corrected chi connectivity index (χ4v) is 1.07. The van der Waals surface area contributed by atoms with Crippen LogP contribution in [0.5, 0.6) is 0 Å². The van der Waals surface area contributed by atoms with Crippen LogP contribution >= 0.6 is 0 Å². The summed E-state index contributed by atoms with van der Waals surface area (Å²) in [5, 5.41) is 2.71. The molecule has 1 aromatic rings. The zero-order chi connectivity index (χ0) is 9.68. The number of amides is 1. The van der Waals surface area contributed by atoms with Crippen molar-refractivity contribution in [3.8, 4) is 0 Å². The van der Waals surface area contributed by atoms with Gasteiger partial charge in [-0.3, -0.25) is 9.78 Å². The average molecular weight is 179 g/mol. The van der Waals surface area contributed by atoms with Crippen LogP contribution in [-0.2, 0) is 6.54 Å². The molecule has 0 aliphatic carbocycles. The third-order valence-electron chi connectivity index (χ3n) is 1.71. The van der Waals surface area contributed by atoms with Crippen molar-refractivity contribution >= 4 is 5.91 Å². The van der Waals surface area contributed by atoms with Crippen LogP contribution in [-0.4, -0.2) is 17.4 Å². The summed E-state index contributed by atoms with van der Waals surface area (Å²) in [6, 6.07) is 1.67. The SMILES string of the molecule is CCNC(=O)c1ccncc1CN. The predicted octanol–water partition coefficient (Wildman–Crippen LogP) is 0.290. The first-order valence-corrected chi connectivity index (χ1v) is 4.20. The van der Waals surface area contributed by atoms with Crippen molar-refractivity contribution in [3.63, 3.8) is 0 Å². The Kier molecular flexibility index (Phi) is 3.40. The van der Waals surface area contributed by atoms with E-state index in [4.69, 9.17) is 5.73 Å². The van der Waals surface area contributed by atoms with E-state index in [-0.39, 0.29) is 5.91 Å². The summed E-state index contributed by atoms with van der Waals surface area (Å²) in [6.45, 7) is 2.83. The lowest BCUT2D eigenvalue weighted by Crippen LogP contribution is -2.24. The van der Waals surface area contributed by atoms with Gasteiger partial charge >= 0.3 is 0 Å². The molecule has 4 nitrogen and oxygen atoms in total. The summed E-state index contributed by atoms with van der Waals surface area (Å²) >= 11 is 0. The van der Waals surface area contributed by atoms with E-state index in [0.29, 0.717) is 18.7 Å². The first kappa shape index (κ1) is 9.67. The van der Waals surface area contributed by atoms with Crippen molar-refractivity contribution in [3.05, 3.63) is 29.6 Å². The molecule has 0 aromatic carbocycles. The zero-order valence-corrected chi connectivity index (χ0v) is 7.58. The number of rotatable bonds is 3. The number of nitrogens with zero attached hydrogens (tertiary/aromatic N) is 1. The minimum atomic E-state index is -0.0923. The predicted molar refractivity (Wildman–Crippen MR) is 50.1 cm³/mol. The van der Waals surface area contributed by atoms with Crippen LogP contribution in [0, 0.1) is 0 Å². The number of aromatic nitrogens is 1. The number of carbonyl (C=O) groups excluding carboxylic acids is 1. The fourth-order valence-electron chi connectivity index (χ4n) is 1.07. The highest BCUT2D eigenvalue weighted by Gasteiger charge is 2.08. The lowest BCUT2D eigenvalue weighted by Gasteiger charge is -2.05. The van der Waals surface area contributed by atoms with E-state index in [9.17, 15) is 4.79 Å². The van der Waals surface area contributed by atoms with E-state index in [1.807, 2.05) is 6.92 Å². The maximum absolute atomic E-state index is 11.4. The lowest BCUT2D eigenvalue weighted by atomic mass is 10.1. The van der Waals surface area contributed by atoms with Gasteiger partial charge in [0.25, 0.3) is 5.91 Å². The molecule has 3 N–H and O–H groups in total. The summed E-state index contributed by atoms with van der Waals surface area (Å²) < 4.78 is 0. The smallest absolute Gasteiger partial charge is 0.251 e. The molecule has 1 rings (SSSR count). The Morgan fingerprint density at radius 2 is 2.46 bits per heavy atom. The van der Waals surface area contributed by atoms with Gasteiger partial charge in [0.1, 0.15) is 0 Å². The molecule has 0 fully saturated rings. The van der Waals surface area contributed by atoms with Crippen LogP contribution in [0.15, 0.2) is 18.5 Å². The minimum absolute atomic E-state index is 0.0923. The highest BCUT2D eigenvalue weighted by atomic mass is 16.1. The summed E-state index contributed by atoms with van der Waals surface area (Å²) in [7, 11) is 0. The molecule has 13 heavy (non-hydrogen) atoms. The van der Waals surface area contributed by atoms with Crippen LogP contribution < -0.4 is 11.1 Å². The number of carbonyl (C=O) groups is 1. The quantitative estimate of drug-likeness (QED) is 0.700. The van der Waals surface area contributed by atoms with E-state index in [0.717, 1.165) is 5.56 Å². The zero-order valence-electron chi connectivity index (χ0n) is 7.58. The first-order valence-electron chi connectivity index (χ1n) is 4.20. The van der Waals surface area contributed by atoms with Crippen molar-refractivity contribution in [2.45, 2.75) is 13.5 Å². The highest BCUT2D eigenvalue weighted by Crippen LogP contribution is 2.05. The van der Waals surface area contributed by atoms with Gasteiger partial charge in [-0.05, 0) is 18.6 Å². The number of hydrogen-bond acceptors (Lipinski definition) is 3. The van der Waals surface area contributed by atoms with Gasteiger partial charge in [-0.15, -0.1) is 0 Å². The van der Waals surface area contributed by atoms with E-state index in [1.165, 1.54) is 0 Å². The summed E-state index contributed by atoms with van der Waals surface area (Å²) in [4.78, 5) is 15.3. The second-order valence-corrected chi connectivity index (χ2v) is 2.60. The Labute approximate surface area is 77.2 Å². The van der Waals surface area contributed by atoms with Gasteiger partial charge in [0, 0.05) is 31.0 Å². The monoisotopic (exact) mass is 179 g/mol. The Bertz CT molecular complexity index is 299. The number of hydrogen-bond donors (Lipinski definition) is 2. The molecule has 4 heteroatoms. The number of nitrogens with one attached hydrogen (secondary N) is 1. The van der Waals surface area contributed by atoms with E-state index < -0.39 is 0 Å². The maximum Gasteiger partial charge on any atom is 0.251 e. The third-order valence-corrected chi connectivity index (χ3v) is 1.71. The van der Waals surface area contributed by atoms with Gasteiger partial charge in [-0.25, -0.2) is 0 Å². The highest BCUT2D eigenvalue weighted by molar-refractivity contribution is 5.95. The molecule has 0 unspecified atom stereocenters. The third kappa shape index (κ3) is 2.26. The molecule has 1 amide bonds. The molecular formula is C9H13N3O. The van der Waals surface area contributed by atoms with Crippen LogP contribution in [0.4, 0.5) is 0 Å². The summed E-state index contributed by atoms with van der Waals surface area (Å²) in [6.07, 6.45) is 3.20. The van der Waals surface area contributed by atoms with Crippen molar-refractivity contribution in [2.75, 3.05) is 6.54 Å². The van der Waals surface area contributed by atoms with Gasteiger partial charge in [0.15, 0.2) is 0 Å². The van der Waals surface area contributed by atoms with E-state index in [2.05, 4.69) is 10.3 Å². The molecule has 1 aromatic heterocycles. The molecule has 0 atom stereocenters. The lowest BCUT2D eigenvalue weighted by molar-refractivity contribution is 0.0955. The topological polar surface area (TPSA) is 68.0 Å². The van der Waals surface area contributed by atoms with Gasteiger partial charge < -0.3 is 11.1 Å². The number of pyridine rings is 1. The minimum Gasteiger partial charge on any atom is -0.352 e. The average Bonchev–Trinajstić information content (AvgIpc) is 2.18. The molecule has 0 saturated carbocycles. The second-order valence-electron chi connectivity index (χ2n) is 2.60. The van der Waals surface area contributed by atoms with Crippen molar-refractivity contribution in [1.29, 1.82) is 0 Å². The molecular weight excluding hydrogens is 166 g/mol. The molecule has 0 spiro atoms. The molecule has 1 heterocycles. The molecule has 0 bridgehead atoms. The number of nitrogens with two attached hydrogens (primary N) is 1. The largest absolute Gasteiger partial charge is 0.352 e. The summed E-state index contributed by atoms with van der Waals surface area (Å²) in [5.41, 5.74) is 6.85. The van der Waals surface area contributed by atoms with Crippen LogP contribution in [0.1, 0.15) is 22.8 Å². The molecule has 70 valence electrons. The van der Waals surface area contributed by atoms with E-state index in [1.54, 1.807) is 18.5 Å². The van der Waals surface area contributed by atoms with Gasteiger partial charge in [-0.2, -0.15) is 0 Å². The standard InChI is InChI=1S/C9H13N3O/c1-2-12-9(13)8-3-4-11-6-7(8)5-10/h3-4,6H,2,5,10H2,1H3,(H,12,13). The van der Waals surface area contributed by atoms with Crippen molar-refractivity contribution in [2.24, 2.45) is 5.73 Å². The van der Waals surface area contributed by atoms with Crippen LogP contribution in [0.25, 0.3) is 0 Å². The van der Waals surface area contributed by atoms with Crippen LogP contribution in [0.3, 0.4) is 0 Å². The van der Waals surface area contributed by atoms with Crippen LogP contribution in [0.2, 0.25) is 0 Å². The van der Waals surface area contributed by atoms with E-state index >= 15 is 0 Å². The Morgan fingerprint density at radius 3 is 3.08 bits per heavy atom. The Morgan fingerprint density at radius 1 is 1.69 bits per heavy atom. The fraction of sp³-hybridized carbons (Fsp3) is 0.333.